The van der Waals surface area contributed by atoms with Crippen LogP contribution in [0.25, 0.3) is 0 Å². The van der Waals surface area contributed by atoms with Crippen LogP contribution >= 0.6 is 0 Å². The summed E-state index contributed by atoms with van der Waals surface area (Å²) in [5.74, 6) is 1.85. The number of rotatable bonds is 7. The van der Waals surface area contributed by atoms with Crippen molar-refractivity contribution >= 4 is 17.9 Å². The summed E-state index contributed by atoms with van der Waals surface area (Å²) in [6.07, 6.45) is 5.59. The molecule has 31 heavy (non-hydrogen) atoms. The quantitative estimate of drug-likeness (QED) is 0.651. The van der Waals surface area contributed by atoms with E-state index in [9.17, 15) is 14.4 Å². The van der Waals surface area contributed by atoms with Gasteiger partial charge in [-0.2, -0.15) is 0 Å². The van der Waals surface area contributed by atoms with E-state index in [0.717, 1.165) is 0 Å². The summed E-state index contributed by atoms with van der Waals surface area (Å²) >= 11 is 0. The Labute approximate surface area is 185 Å². The number of terminal acetylenes is 1. The third-order valence-corrected chi connectivity index (χ3v) is 4.04. The average Bonchev–Trinajstić information content (AvgIpc) is 2.63. The Morgan fingerprint density at radius 3 is 2.26 bits per heavy atom. The van der Waals surface area contributed by atoms with E-state index in [-0.39, 0.29) is 12.5 Å². The molecule has 0 bridgehead atoms. The second-order valence-electron chi connectivity index (χ2n) is 9.32. The van der Waals surface area contributed by atoms with Crippen LogP contribution in [-0.4, -0.2) is 47.0 Å². The first-order valence-corrected chi connectivity index (χ1v) is 10.4. The van der Waals surface area contributed by atoms with Crippen LogP contribution in [0.2, 0.25) is 0 Å². The molecule has 0 aromatic heterocycles. The van der Waals surface area contributed by atoms with E-state index < -0.39 is 29.2 Å². The number of ether oxygens (including phenoxy) is 1. The van der Waals surface area contributed by atoms with Crippen LogP contribution in [-0.2, 0) is 14.3 Å². The normalized spacial score (nSPS) is 12.3. The van der Waals surface area contributed by atoms with E-state index in [0.29, 0.717) is 24.1 Å². The molecule has 0 saturated heterocycles. The fourth-order valence-corrected chi connectivity index (χ4v) is 2.96. The minimum Gasteiger partial charge on any atom is -0.444 e. The first-order chi connectivity index (χ1) is 14.3. The summed E-state index contributed by atoms with van der Waals surface area (Å²) in [4.78, 5) is 39.8. The van der Waals surface area contributed by atoms with Crippen molar-refractivity contribution in [3.8, 4) is 12.3 Å². The van der Waals surface area contributed by atoms with Gasteiger partial charge in [0.25, 0.3) is 0 Å². The van der Waals surface area contributed by atoms with Gasteiger partial charge in [-0.15, -0.1) is 6.42 Å². The summed E-state index contributed by atoms with van der Waals surface area (Å²) in [6, 6.07) is 6.12. The number of nitrogens with one attached hydrogen (secondary N) is 2. The van der Waals surface area contributed by atoms with Gasteiger partial charge < -0.3 is 20.3 Å². The molecule has 2 N–H and O–H groups in total. The zero-order valence-electron chi connectivity index (χ0n) is 19.7. The Balaban J connectivity index is 3.26. The van der Waals surface area contributed by atoms with Crippen LogP contribution in [0, 0.1) is 12.3 Å². The second kappa shape index (κ2) is 10.9. The third kappa shape index (κ3) is 8.71. The molecule has 1 aromatic carbocycles. The van der Waals surface area contributed by atoms with Crippen molar-refractivity contribution in [2.24, 2.45) is 0 Å². The van der Waals surface area contributed by atoms with Gasteiger partial charge in [-0.1, -0.05) is 31.0 Å². The summed E-state index contributed by atoms with van der Waals surface area (Å²) < 4.78 is 5.20. The third-order valence-electron chi connectivity index (χ3n) is 4.04. The Hall–Kier alpha value is -3.01. The lowest BCUT2D eigenvalue weighted by Gasteiger charge is -2.34. The lowest BCUT2D eigenvalue weighted by atomic mass is 9.96. The fourth-order valence-electron chi connectivity index (χ4n) is 2.96. The molecule has 1 aromatic rings. The Bertz CT molecular complexity index is 828. The predicted molar refractivity (Wildman–Crippen MR) is 121 cm³/mol. The van der Waals surface area contributed by atoms with Gasteiger partial charge in [0.05, 0.1) is 0 Å². The van der Waals surface area contributed by atoms with Gasteiger partial charge in [-0.25, -0.2) is 4.79 Å². The highest BCUT2D eigenvalue weighted by Crippen LogP contribution is 2.26. The largest absolute Gasteiger partial charge is 0.444 e. The average molecular weight is 430 g/mol. The second-order valence-corrected chi connectivity index (χ2v) is 9.32. The minimum atomic E-state index is -0.931. The molecule has 0 fully saturated rings. The standard InChI is InChI=1S/C24H35N3O4/c1-9-15-27(19(28)16-25-22(30)31-24(6,7)8)20(21(29)26-23(3,4)5)18-14-12-11-13-17(18)10-2/h2,11-14,20H,9,15-16H2,1,3-8H3,(H,25,30)(H,26,29). The number of carbonyl (C=O) groups excluding carboxylic acids is 3. The van der Waals surface area contributed by atoms with Crippen molar-refractivity contribution in [1.82, 2.24) is 15.5 Å². The van der Waals surface area contributed by atoms with Crippen molar-refractivity contribution in [3.63, 3.8) is 0 Å². The Morgan fingerprint density at radius 1 is 1.13 bits per heavy atom. The molecule has 1 unspecified atom stereocenters. The maximum Gasteiger partial charge on any atom is 0.408 e. The number of hydrogen-bond acceptors (Lipinski definition) is 4. The Morgan fingerprint density at radius 2 is 1.74 bits per heavy atom. The Kier molecular flexibility index (Phi) is 9.11. The van der Waals surface area contributed by atoms with E-state index in [1.54, 1.807) is 45.0 Å². The van der Waals surface area contributed by atoms with Gasteiger partial charge in [-0.3, -0.25) is 9.59 Å². The van der Waals surface area contributed by atoms with Crippen LogP contribution in [0.15, 0.2) is 24.3 Å². The van der Waals surface area contributed by atoms with Crippen molar-refractivity contribution in [1.29, 1.82) is 0 Å². The number of amides is 3. The highest BCUT2D eigenvalue weighted by atomic mass is 16.6. The van der Waals surface area contributed by atoms with Crippen molar-refractivity contribution in [2.45, 2.75) is 72.1 Å². The molecule has 3 amide bonds. The van der Waals surface area contributed by atoms with E-state index in [4.69, 9.17) is 11.2 Å². The number of nitrogens with zero attached hydrogens (tertiary/aromatic N) is 1. The van der Waals surface area contributed by atoms with Crippen molar-refractivity contribution in [2.75, 3.05) is 13.1 Å². The maximum absolute atomic E-state index is 13.3. The molecule has 7 heteroatoms. The van der Waals surface area contributed by atoms with Gasteiger partial charge in [0.15, 0.2) is 0 Å². The molecular weight excluding hydrogens is 394 g/mol. The molecule has 0 aliphatic carbocycles. The van der Waals surface area contributed by atoms with Gasteiger partial charge in [0.2, 0.25) is 11.8 Å². The number of alkyl carbamates (subject to hydrolysis) is 1. The number of hydrogen-bond donors (Lipinski definition) is 2. The van der Waals surface area contributed by atoms with Crippen LogP contribution in [0.3, 0.4) is 0 Å². The molecule has 0 aliphatic heterocycles. The molecular formula is C24H35N3O4. The topological polar surface area (TPSA) is 87.7 Å². The first kappa shape index (κ1) is 26.0. The highest BCUT2D eigenvalue weighted by Gasteiger charge is 2.34. The summed E-state index contributed by atoms with van der Waals surface area (Å²) in [5, 5.41) is 5.42. The fraction of sp³-hybridized carbons (Fsp3) is 0.542. The molecule has 0 heterocycles. The molecule has 0 radical (unpaired) electrons. The molecule has 0 aliphatic rings. The van der Waals surface area contributed by atoms with Crippen molar-refractivity contribution in [3.05, 3.63) is 35.4 Å². The molecule has 1 rings (SSSR count). The molecule has 0 saturated carbocycles. The first-order valence-electron chi connectivity index (χ1n) is 10.4. The van der Waals surface area contributed by atoms with E-state index in [1.165, 1.54) is 4.90 Å². The van der Waals surface area contributed by atoms with Crippen LogP contribution in [0.4, 0.5) is 4.79 Å². The summed E-state index contributed by atoms with van der Waals surface area (Å²) in [5.41, 5.74) is -0.0934. The van der Waals surface area contributed by atoms with Crippen LogP contribution in [0.1, 0.15) is 72.1 Å². The van der Waals surface area contributed by atoms with Gasteiger partial charge in [-0.05, 0) is 59.6 Å². The zero-order valence-corrected chi connectivity index (χ0v) is 19.7. The molecule has 7 nitrogen and oxygen atoms in total. The summed E-state index contributed by atoms with van der Waals surface area (Å²) in [6.45, 7) is 12.7. The van der Waals surface area contributed by atoms with E-state index in [1.807, 2.05) is 27.7 Å². The monoisotopic (exact) mass is 429 g/mol. The van der Waals surface area contributed by atoms with E-state index in [2.05, 4.69) is 16.6 Å². The lowest BCUT2D eigenvalue weighted by Crippen LogP contribution is -2.51. The van der Waals surface area contributed by atoms with Crippen LogP contribution in [0.5, 0.6) is 0 Å². The van der Waals surface area contributed by atoms with Gasteiger partial charge in [0.1, 0.15) is 18.2 Å². The predicted octanol–water partition coefficient (Wildman–Crippen LogP) is 3.39. The smallest absolute Gasteiger partial charge is 0.408 e. The summed E-state index contributed by atoms with van der Waals surface area (Å²) in [7, 11) is 0. The highest BCUT2D eigenvalue weighted by molar-refractivity contribution is 5.91. The van der Waals surface area contributed by atoms with Crippen LogP contribution < -0.4 is 10.6 Å². The molecule has 0 spiro atoms. The van der Waals surface area contributed by atoms with E-state index >= 15 is 0 Å². The number of carbonyl (C=O) groups is 3. The zero-order chi connectivity index (χ0) is 23.8. The number of benzene rings is 1. The maximum atomic E-state index is 13.3. The lowest BCUT2D eigenvalue weighted by molar-refractivity contribution is -0.141. The SMILES string of the molecule is C#Cc1ccccc1C(C(=O)NC(C)(C)C)N(CCC)C(=O)CNC(=O)OC(C)(C)C. The minimum absolute atomic E-state index is 0.299. The van der Waals surface area contributed by atoms with Gasteiger partial charge >= 0.3 is 6.09 Å². The van der Waals surface area contributed by atoms with Crippen molar-refractivity contribution < 1.29 is 19.1 Å². The molecule has 170 valence electrons. The van der Waals surface area contributed by atoms with Gasteiger partial charge in [0, 0.05) is 17.6 Å². The molecule has 1 atom stereocenters.